The number of nitrogens with one attached hydrogen (secondary N) is 1. The number of anilines is 1. The SMILES string of the molecule is CCCNCc1nnc(N2CCCC(C(F)(F)F)C2)o1. The smallest absolute Gasteiger partial charge is 0.393 e. The van der Waals surface area contributed by atoms with Crippen LogP contribution in [0.2, 0.25) is 0 Å². The van der Waals surface area contributed by atoms with Crippen LogP contribution >= 0.6 is 0 Å². The minimum absolute atomic E-state index is 0.104. The van der Waals surface area contributed by atoms with Crippen LogP contribution in [-0.2, 0) is 6.54 Å². The molecule has 8 heteroatoms. The first-order valence-electron chi connectivity index (χ1n) is 6.85. The average molecular weight is 292 g/mol. The summed E-state index contributed by atoms with van der Waals surface area (Å²) in [6.07, 6.45) is -2.53. The van der Waals surface area contributed by atoms with Crippen LogP contribution in [0.4, 0.5) is 19.2 Å². The predicted octanol–water partition coefficient (Wildman–Crippen LogP) is 2.35. The summed E-state index contributed by atoms with van der Waals surface area (Å²) in [6.45, 7) is 3.73. The highest BCUT2D eigenvalue weighted by atomic mass is 19.4. The molecule has 0 spiro atoms. The topological polar surface area (TPSA) is 54.2 Å². The van der Waals surface area contributed by atoms with Crippen LogP contribution in [0.5, 0.6) is 0 Å². The van der Waals surface area contributed by atoms with Crippen LogP contribution in [0.3, 0.4) is 0 Å². The number of hydrogen-bond acceptors (Lipinski definition) is 5. The standard InChI is InChI=1S/C12H19F3N4O/c1-2-5-16-7-10-17-18-11(20-10)19-6-3-4-9(8-19)12(13,14)15/h9,16H,2-8H2,1H3. The highest BCUT2D eigenvalue weighted by Gasteiger charge is 2.42. The van der Waals surface area contributed by atoms with Crippen LogP contribution in [0, 0.1) is 5.92 Å². The fraction of sp³-hybridized carbons (Fsp3) is 0.833. The van der Waals surface area contributed by atoms with Gasteiger partial charge in [-0.2, -0.15) is 13.2 Å². The number of rotatable bonds is 5. The van der Waals surface area contributed by atoms with E-state index in [0.29, 0.717) is 25.4 Å². The van der Waals surface area contributed by atoms with Crippen LogP contribution < -0.4 is 10.2 Å². The van der Waals surface area contributed by atoms with Crippen LogP contribution in [0.15, 0.2) is 4.42 Å². The molecule has 2 heterocycles. The van der Waals surface area contributed by atoms with Crippen LogP contribution in [0.25, 0.3) is 0 Å². The summed E-state index contributed by atoms with van der Waals surface area (Å²) < 4.78 is 43.6. The van der Waals surface area contributed by atoms with Crippen molar-refractivity contribution >= 4 is 6.01 Å². The van der Waals surface area contributed by atoms with Gasteiger partial charge in [-0.05, 0) is 25.8 Å². The second-order valence-electron chi connectivity index (χ2n) is 4.98. The van der Waals surface area contributed by atoms with Crippen LogP contribution in [0.1, 0.15) is 32.1 Å². The number of halogens is 3. The Kier molecular flexibility index (Phi) is 4.85. The lowest BCUT2D eigenvalue weighted by Gasteiger charge is -2.32. The first kappa shape index (κ1) is 15.1. The van der Waals surface area contributed by atoms with Gasteiger partial charge in [0.25, 0.3) is 0 Å². The molecule has 1 aromatic heterocycles. The highest BCUT2D eigenvalue weighted by molar-refractivity contribution is 5.25. The van der Waals surface area contributed by atoms with E-state index < -0.39 is 12.1 Å². The van der Waals surface area contributed by atoms with E-state index in [1.165, 1.54) is 4.90 Å². The van der Waals surface area contributed by atoms with Gasteiger partial charge in [-0.25, -0.2) is 0 Å². The normalized spacial score (nSPS) is 20.4. The van der Waals surface area contributed by atoms with E-state index in [4.69, 9.17) is 4.42 Å². The second-order valence-corrected chi connectivity index (χ2v) is 4.98. The van der Waals surface area contributed by atoms with E-state index in [1.54, 1.807) is 0 Å². The molecule has 1 aromatic rings. The van der Waals surface area contributed by atoms with Crippen molar-refractivity contribution in [1.82, 2.24) is 15.5 Å². The number of aromatic nitrogens is 2. The van der Waals surface area contributed by atoms with Gasteiger partial charge in [-0.15, -0.1) is 5.10 Å². The maximum atomic E-state index is 12.7. The molecule has 0 amide bonds. The summed E-state index contributed by atoms with van der Waals surface area (Å²) in [5.74, 6) is -0.910. The minimum atomic E-state index is -4.16. The lowest BCUT2D eigenvalue weighted by molar-refractivity contribution is -0.176. The first-order valence-corrected chi connectivity index (χ1v) is 6.85. The molecule has 0 bridgehead atoms. The van der Waals surface area contributed by atoms with Gasteiger partial charge in [0.15, 0.2) is 0 Å². The molecule has 1 fully saturated rings. The third kappa shape index (κ3) is 3.84. The molecule has 1 N–H and O–H groups in total. The molecule has 1 aliphatic rings. The average Bonchev–Trinajstić information content (AvgIpc) is 2.87. The Morgan fingerprint density at radius 1 is 1.40 bits per heavy atom. The Balaban J connectivity index is 1.94. The van der Waals surface area contributed by atoms with Crippen LogP contribution in [-0.4, -0.2) is 36.0 Å². The Morgan fingerprint density at radius 3 is 2.90 bits per heavy atom. The van der Waals surface area contributed by atoms with Crippen molar-refractivity contribution in [1.29, 1.82) is 0 Å². The predicted molar refractivity (Wildman–Crippen MR) is 67.3 cm³/mol. The lowest BCUT2D eigenvalue weighted by atomic mass is 9.98. The molecule has 0 aliphatic carbocycles. The van der Waals surface area contributed by atoms with Crippen molar-refractivity contribution in [2.75, 3.05) is 24.5 Å². The molecule has 0 aromatic carbocycles. The molecule has 0 radical (unpaired) electrons. The molecule has 1 saturated heterocycles. The van der Waals surface area contributed by atoms with Gasteiger partial charge in [0.05, 0.1) is 12.5 Å². The van der Waals surface area contributed by atoms with Gasteiger partial charge in [-0.1, -0.05) is 12.0 Å². The van der Waals surface area contributed by atoms with E-state index in [9.17, 15) is 13.2 Å². The molecule has 1 atom stereocenters. The van der Waals surface area contributed by atoms with Crippen molar-refractivity contribution in [2.24, 2.45) is 5.92 Å². The fourth-order valence-electron chi connectivity index (χ4n) is 2.23. The van der Waals surface area contributed by atoms with Gasteiger partial charge in [0, 0.05) is 13.1 Å². The quantitative estimate of drug-likeness (QED) is 0.844. The molecule has 1 unspecified atom stereocenters. The zero-order chi connectivity index (χ0) is 14.6. The van der Waals surface area contributed by atoms with E-state index >= 15 is 0 Å². The fourth-order valence-corrected chi connectivity index (χ4v) is 2.23. The maximum absolute atomic E-state index is 12.7. The number of alkyl halides is 3. The summed E-state index contributed by atoms with van der Waals surface area (Å²) in [5, 5.41) is 10.8. The summed E-state index contributed by atoms with van der Waals surface area (Å²) in [5.41, 5.74) is 0. The van der Waals surface area contributed by atoms with E-state index in [0.717, 1.165) is 13.0 Å². The van der Waals surface area contributed by atoms with E-state index in [-0.39, 0.29) is 19.0 Å². The van der Waals surface area contributed by atoms with Crippen molar-refractivity contribution < 1.29 is 17.6 Å². The lowest BCUT2D eigenvalue weighted by Crippen LogP contribution is -2.41. The Labute approximate surface area is 115 Å². The molecule has 1 aliphatic heterocycles. The summed E-state index contributed by atoms with van der Waals surface area (Å²) in [6, 6.07) is 0.187. The van der Waals surface area contributed by atoms with Gasteiger partial charge in [0.2, 0.25) is 5.89 Å². The molecule has 114 valence electrons. The number of nitrogens with zero attached hydrogens (tertiary/aromatic N) is 3. The highest BCUT2D eigenvalue weighted by Crippen LogP contribution is 2.34. The van der Waals surface area contributed by atoms with E-state index in [1.807, 2.05) is 6.92 Å². The van der Waals surface area contributed by atoms with Gasteiger partial charge in [-0.3, -0.25) is 0 Å². The van der Waals surface area contributed by atoms with Gasteiger partial charge >= 0.3 is 12.2 Å². The zero-order valence-electron chi connectivity index (χ0n) is 11.4. The van der Waals surface area contributed by atoms with Crippen molar-refractivity contribution in [2.45, 2.75) is 38.9 Å². The molecule has 5 nitrogen and oxygen atoms in total. The Morgan fingerprint density at radius 2 is 2.20 bits per heavy atom. The molecule has 20 heavy (non-hydrogen) atoms. The molecular formula is C12H19F3N4O. The summed E-state index contributed by atoms with van der Waals surface area (Å²) >= 11 is 0. The number of hydrogen-bond donors (Lipinski definition) is 1. The summed E-state index contributed by atoms with van der Waals surface area (Å²) in [7, 11) is 0. The van der Waals surface area contributed by atoms with Crippen molar-refractivity contribution in [3.8, 4) is 0 Å². The third-order valence-electron chi connectivity index (χ3n) is 3.31. The van der Waals surface area contributed by atoms with Crippen molar-refractivity contribution in [3.05, 3.63) is 5.89 Å². The Bertz CT molecular complexity index is 421. The maximum Gasteiger partial charge on any atom is 0.393 e. The minimum Gasteiger partial charge on any atom is -0.407 e. The molecule has 0 saturated carbocycles. The second kappa shape index (κ2) is 6.43. The summed E-state index contributed by atoms with van der Waals surface area (Å²) in [4.78, 5) is 1.53. The first-order chi connectivity index (χ1) is 9.50. The largest absolute Gasteiger partial charge is 0.407 e. The third-order valence-corrected chi connectivity index (χ3v) is 3.31. The monoisotopic (exact) mass is 292 g/mol. The van der Waals surface area contributed by atoms with Gasteiger partial charge < -0.3 is 14.6 Å². The Hall–Kier alpha value is -1.31. The van der Waals surface area contributed by atoms with Gasteiger partial charge in [0.1, 0.15) is 0 Å². The molecular weight excluding hydrogens is 273 g/mol. The van der Waals surface area contributed by atoms with Crippen molar-refractivity contribution in [3.63, 3.8) is 0 Å². The number of piperidine rings is 1. The van der Waals surface area contributed by atoms with E-state index in [2.05, 4.69) is 15.5 Å². The molecule has 2 rings (SSSR count). The zero-order valence-corrected chi connectivity index (χ0v) is 11.4.